The fraction of sp³-hybridized carbons (Fsp3) is 0.381. The summed E-state index contributed by atoms with van der Waals surface area (Å²) in [6.45, 7) is 4.13. The van der Waals surface area contributed by atoms with E-state index in [0.717, 1.165) is 37.5 Å². The van der Waals surface area contributed by atoms with Gasteiger partial charge in [0.25, 0.3) is 5.91 Å². The zero-order chi connectivity index (χ0) is 22.1. The van der Waals surface area contributed by atoms with Crippen molar-refractivity contribution in [2.75, 3.05) is 5.32 Å². The van der Waals surface area contributed by atoms with E-state index in [9.17, 15) is 17.6 Å². The highest BCUT2D eigenvalue weighted by Gasteiger charge is 2.31. The largest absolute Gasteiger partial charge is 0.322 e. The molecule has 1 saturated carbocycles. The first-order valence-corrected chi connectivity index (χ1v) is 11.9. The van der Waals surface area contributed by atoms with Crippen LogP contribution in [0.4, 0.5) is 10.1 Å². The molecule has 2 N–H and O–H groups in total. The minimum Gasteiger partial charge on any atom is -0.322 e. The molecule has 0 saturated heterocycles. The number of hydrogen-bond acceptors (Lipinski definition) is 3. The van der Waals surface area contributed by atoms with E-state index in [-0.39, 0.29) is 27.4 Å². The Morgan fingerprint density at radius 3 is 2.50 bits per heavy atom. The SMILES string of the molecule is C[C@@H]1[C@H](C)CCC[C@H]1NS(=O)(=O)c1ccc(F)c(C(=O)Nc2ccc(Cl)c(Cl)c2)c1. The van der Waals surface area contributed by atoms with Crippen LogP contribution in [-0.4, -0.2) is 20.4 Å². The number of hydrogen-bond donors (Lipinski definition) is 2. The fourth-order valence-corrected chi connectivity index (χ4v) is 5.32. The second-order valence-corrected chi connectivity index (χ2v) is 10.2. The van der Waals surface area contributed by atoms with Gasteiger partial charge in [0, 0.05) is 11.7 Å². The lowest BCUT2D eigenvalue weighted by Gasteiger charge is -2.34. The van der Waals surface area contributed by atoms with Gasteiger partial charge < -0.3 is 5.32 Å². The number of halogens is 3. The van der Waals surface area contributed by atoms with E-state index in [0.29, 0.717) is 16.6 Å². The molecule has 0 radical (unpaired) electrons. The molecule has 162 valence electrons. The number of nitrogens with one attached hydrogen (secondary N) is 2. The molecule has 0 aliphatic heterocycles. The van der Waals surface area contributed by atoms with Crippen molar-refractivity contribution in [1.29, 1.82) is 0 Å². The Bertz CT molecular complexity index is 1060. The maximum atomic E-state index is 14.3. The second kappa shape index (κ2) is 9.22. The standard InChI is InChI=1S/C21H23Cl2FN2O3S/c1-12-4-3-5-20(13(12)2)26-30(28,29)15-7-9-19(24)16(11-15)21(27)25-14-6-8-17(22)18(23)10-14/h6-13,20,26H,3-5H2,1-2H3,(H,25,27)/t12-,13-,20-/m1/s1. The van der Waals surface area contributed by atoms with E-state index < -0.39 is 21.7 Å². The van der Waals surface area contributed by atoms with E-state index in [1.807, 2.05) is 6.92 Å². The molecular weight excluding hydrogens is 450 g/mol. The maximum Gasteiger partial charge on any atom is 0.258 e. The predicted octanol–water partition coefficient (Wildman–Crippen LogP) is 5.49. The molecule has 1 fully saturated rings. The van der Waals surface area contributed by atoms with Crippen molar-refractivity contribution in [2.24, 2.45) is 11.8 Å². The normalized spacial score (nSPS) is 22.0. The van der Waals surface area contributed by atoms with Crippen molar-refractivity contribution in [3.8, 4) is 0 Å². The average Bonchev–Trinajstić information content (AvgIpc) is 2.68. The van der Waals surface area contributed by atoms with Crippen LogP contribution in [0.2, 0.25) is 10.0 Å². The summed E-state index contributed by atoms with van der Waals surface area (Å²) in [5, 5.41) is 3.04. The molecule has 0 aromatic heterocycles. The molecule has 2 aromatic rings. The monoisotopic (exact) mass is 472 g/mol. The predicted molar refractivity (Wildman–Crippen MR) is 117 cm³/mol. The molecule has 1 aliphatic carbocycles. The molecule has 30 heavy (non-hydrogen) atoms. The Labute approximate surface area is 186 Å². The van der Waals surface area contributed by atoms with Crippen molar-refractivity contribution >= 4 is 44.8 Å². The third-order valence-electron chi connectivity index (χ3n) is 5.68. The van der Waals surface area contributed by atoms with Gasteiger partial charge in [-0.25, -0.2) is 17.5 Å². The Morgan fingerprint density at radius 2 is 1.80 bits per heavy atom. The molecule has 5 nitrogen and oxygen atoms in total. The Balaban J connectivity index is 1.83. The Kier molecular flexibility index (Phi) is 7.07. The van der Waals surface area contributed by atoms with Crippen molar-refractivity contribution in [3.63, 3.8) is 0 Å². The van der Waals surface area contributed by atoms with Gasteiger partial charge in [0.15, 0.2) is 0 Å². The summed E-state index contributed by atoms with van der Waals surface area (Å²) in [5.41, 5.74) is -0.0702. The van der Waals surface area contributed by atoms with E-state index >= 15 is 0 Å². The van der Waals surface area contributed by atoms with Crippen LogP contribution in [0, 0.1) is 17.7 Å². The van der Waals surface area contributed by atoms with Crippen LogP contribution in [0.1, 0.15) is 43.5 Å². The van der Waals surface area contributed by atoms with Gasteiger partial charge in [-0.2, -0.15) is 0 Å². The number of anilines is 1. The van der Waals surface area contributed by atoms with Gasteiger partial charge in [-0.3, -0.25) is 4.79 Å². The first-order valence-electron chi connectivity index (χ1n) is 9.67. The van der Waals surface area contributed by atoms with Gasteiger partial charge in [-0.05, 0) is 54.7 Å². The van der Waals surface area contributed by atoms with Crippen molar-refractivity contribution < 1.29 is 17.6 Å². The van der Waals surface area contributed by atoms with Crippen LogP contribution in [0.3, 0.4) is 0 Å². The van der Waals surface area contributed by atoms with Crippen LogP contribution in [-0.2, 0) is 10.0 Å². The van der Waals surface area contributed by atoms with E-state index in [2.05, 4.69) is 17.0 Å². The third kappa shape index (κ3) is 5.14. The van der Waals surface area contributed by atoms with E-state index in [1.54, 1.807) is 0 Å². The highest BCUT2D eigenvalue weighted by molar-refractivity contribution is 7.89. The molecular formula is C21H23Cl2FN2O3S. The van der Waals surface area contributed by atoms with Crippen molar-refractivity contribution in [3.05, 3.63) is 57.8 Å². The van der Waals surface area contributed by atoms with Gasteiger partial charge in [-0.15, -0.1) is 0 Å². The second-order valence-electron chi connectivity index (χ2n) is 7.72. The maximum absolute atomic E-state index is 14.3. The molecule has 2 aromatic carbocycles. The van der Waals surface area contributed by atoms with E-state index in [4.69, 9.17) is 23.2 Å². The summed E-state index contributed by atoms with van der Waals surface area (Å²) in [7, 11) is -3.91. The smallest absolute Gasteiger partial charge is 0.258 e. The first-order chi connectivity index (χ1) is 14.1. The molecule has 0 spiro atoms. The van der Waals surface area contributed by atoms with Gasteiger partial charge in [0.2, 0.25) is 10.0 Å². The lowest BCUT2D eigenvalue weighted by atomic mass is 9.78. The molecule has 0 unspecified atom stereocenters. The first kappa shape index (κ1) is 23.0. The highest BCUT2D eigenvalue weighted by Crippen LogP contribution is 2.31. The topological polar surface area (TPSA) is 75.3 Å². The number of sulfonamides is 1. The molecule has 0 bridgehead atoms. The Hall–Kier alpha value is -1.67. The number of benzene rings is 2. The van der Waals surface area contributed by atoms with Crippen molar-refractivity contribution in [2.45, 2.75) is 44.0 Å². The molecule has 3 rings (SSSR count). The lowest BCUT2D eigenvalue weighted by molar-refractivity contribution is 0.102. The Morgan fingerprint density at radius 1 is 1.07 bits per heavy atom. The van der Waals surface area contributed by atoms with Crippen LogP contribution in [0.25, 0.3) is 0 Å². The summed E-state index contributed by atoms with van der Waals surface area (Å²) in [6.07, 6.45) is 2.75. The van der Waals surface area contributed by atoms with Gasteiger partial charge >= 0.3 is 0 Å². The molecule has 0 heterocycles. The van der Waals surface area contributed by atoms with Crippen LogP contribution >= 0.6 is 23.2 Å². The summed E-state index contributed by atoms with van der Waals surface area (Å²) < 4.78 is 42.8. The molecule has 3 atom stereocenters. The van der Waals surface area contributed by atoms with Gasteiger partial charge in [0.05, 0.1) is 20.5 Å². The highest BCUT2D eigenvalue weighted by atomic mass is 35.5. The average molecular weight is 473 g/mol. The van der Waals surface area contributed by atoms with Crippen LogP contribution in [0.5, 0.6) is 0 Å². The van der Waals surface area contributed by atoms with Crippen LogP contribution in [0.15, 0.2) is 41.3 Å². The molecule has 1 amide bonds. The summed E-state index contributed by atoms with van der Waals surface area (Å²) in [6, 6.07) is 7.41. The summed E-state index contributed by atoms with van der Waals surface area (Å²) in [5.74, 6) is -1.02. The summed E-state index contributed by atoms with van der Waals surface area (Å²) in [4.78, 5) is 12.4. The third-order valence-corrected chi connectivity index (χ3v) is 7.91. The van der Waals surface area contributed by atoms with Crippen molar-refractivity contribution in [1.82, 2.24) is 4.72 Å². The number of carbonyl (C=O) groups excluding carboxylic acids is 1. The molecule has 1 aliphatic rings. The minimum atomic E-state index is -3.91. The summed E-state index contributed by atoms with van der Waals surface area (Å²) >= 11 is 11.8. The van der Waals surface area contributed by atoms with Crippen LogP contribution < -0.4 is 10.0 Å². The fourth-order valence-electron chi connectivity index (χ4n) is 3.63. The number of amides is 1. The number of rotatable bonds is 5. The van der Waals surface area contributed by atoms with Gasteiger partial charge in [0.1, 0.15) is 5.82 Å². The zero-order valence-electron chi connectivity index (χ0n) is 16.6. The lowest BCUT2D eigenvalue weighted by Crippen LogP contribution is -2.43. The number of carbonyl (C=O) groups is 1. The van der Waals surface area contributed by atoms with E-state index in [1.165, 1.54) is 18.2 Å². The minimum absolute atomic E-state index is 0.159. The zero-order valence-corrected chi connectivity index (χ0v) is 18.9. The molecule has 9 heteroatoms. The quantitative estimate of drug-likeness (QED) is 0.603. The van der Waals surface area contributed by atoms with Gasteiger partial charge in [-0.1, -0.05) is 49.9 Å².